The summed E-state index contributed by atoms with van der Waals surface area (Å²) in [6.45, 7) is 0.415. The molecule has 0 aromatic heterocycles. The molecular weight excluding hydrogens is 488 g/mol. The molecule has 0 aliphatic carbocycles. The number of halogens is 1. The Morgan fingerprint density at radius 1 is 0.886 bits per heavy atom. The summed E-state index contributed by atoms with van der Waals surface area (Å²) in [6.07, 6.45) is 1.62. The van der Waals surface area contributed by atoms with E-state index < -0.39 is 17.1 Å². The zero-order valence-electron chi connectivity index (χ0n) is 18.5. The molecule has 3 aromatic carbocycles. The van der Waals surface area contributed by atoms with Crippen molar-refractivity contribution in [3.8, 4) is 11.5 Å². The Morgan fingerprint density at radius 3 is 2.17 bits per heavy atom. The first-order valence-electron chi connectivity index (χ1n) is 10.7. The fourth-order valence-corrected chi connectivity index (χ4v) is 4.13. The molecule has 0 unspecified atom stereocenters. The van der Waals surface area contributed by atoms with Gasteiger partial charge in [0, 0.05) is 10.7 Å². The quantitative estimate of drug-likeness (QED) is 0.304. The van der Waals surface area contributed by atoms with Gasteiger partial charge < -0.3 is 14.8 Å². The van der Waals surface area contributed by atoms with E-state index in [4.69, 9.17) is 21.1 Å². The van der Waals surface area contributed by atoms with Gasteiger partial charge >= 0.3 is 0 Å². The first-order valence-corrected chi connectivity index (χ1v) is 11.9. The predicted octanol–water partition coefficient (Wildman–Crippen LogP) is 5.47. The summed E-state index contributed by atoms with van der Waals surface area (Å²) in [5.41, 5.74) is 1.25. The second-order valence-electron chi connectivity index (χ2n) is 7.40. The van der Waals surface area contributed by atoms with Crippen LogP contribution in [-0.4, -0.2) is 41.7 Å². The zero-order chi connectivity index (χ0) is 24.6. The minimum atomic E-state index is -0.510. The number of nitrogens with zero attached hydrogens (tertiary/aromatic N) is 1. The van der Waals surface area contributed by atoms with Crippen LogP contribution in [0.2, 0.25) is 5.02 Å². The van der Waals surface area contributed by atoms with Crippen molar-refractivity contribution in [2.45, 2.75) is 0 Å². The first-order chi connectivity index (χ1) is 17.0. The number of rotatable bonds is 9. The SMILES string of the molecule is O=C(CN1C(=O)S/C(=C/c2ccc(OCCOc3ccccc3)cc2)C1=O)Nc1ccc(Cl)cc1. The van der Waals surface area contributed by atoms with Crippen LogP contribution in [0.4, 0.5) is 10.5 Å². The van der Waals surface area contributed by atoms with Crippen molar-refractivity contribution in [2.24, 2.45) is 0 Å². The Morgan fingerprint density at radius 2 is 1.51 bits per heavy atom. The van der Waals surface area contributed by atoms with Crippen LogP contribution in [0, 0.1) is 0 Å². The van der Waals surface area contributed by atoms with E-state index in [2.05, 4.69) is 5.32 Å². The first kappa shape index (κ1) is 24.4. The number of amides is 3. The molecule has 1 heterocycles. The summed E-state index contributed by atoms with van der Waals surface area (Å²) in [5, 5.41) is 2.69. The number of hydrogen-bond acceptors (Lipinski definition) is 6. The molecule has 0 radical (unpaired) electrons. The van der Waals surface area contributed by atoms with Gasteiger partial charge in [0.25, 0.3) is 11.1 Å². The van der Waals surface area contributed by atoms with Crippen molar-refractivity contribution in [1.82, 2.24) is 4.90 Å². The van der Waals surface area contributed by atoms with Crippen LogP contribution >= 0.6 is 23.4 Å². The lowest BCUT2D eigenvalue weighted by Gasteiger charge is -2.12. The lowest BCUT2D eigenvalue weighted by Crippen LogP contribution is -2.36. The van der Waals surface area contributed by atoms with E-state index in [1.165, 1.54) is 0 Å². The second kappa shape index (κ2) is 11.6. The van der Waals surface area contributed by atoms with E-state index in [0.717, 1.165) is 28.0 Å². The summed E-state index contributed by atoms with van der Waals surface area (Å²) >= 11 is 6.63. The zero-order valence-corrected chi connectivity index (χ0v) is 20.1. The minimum absolute atomic E-state index is 0.249. The number of ether oxygens (including phenoxy) is 2. The molecule has 1 aliphatic rings. The molecule has 4 rings (SSSR count). The molecule has 0 spiro atoms. The lowest BCUT2D eigenvalue weighted by atomic mass is 10.2. The molecule has 35 heavy (non-hydrogen) atoms. The van der Waals surface area contributed by atoms with Gasteiger partial charge in [0.15, 0.2) is 0 Å². The van der Waals surface area contributed by atoms with Gasteiger partial charge in [-0.3, -0.25) is 19.3 Å². The van der Waals surface area contributed by atoms with Crippen LogP contribution in [0.15, 0.2) is 83.8 Å². The van der Waals surface area contributed by atoms with Gasteiger partial charge in [0.2, 0.25) is 5.91 Å². The molecule has 1 fully saturated rings. The van der Waals surface area contributed by atoms with Crippen LogP contribution in [0.5, 0.6) is 11.5 Å². The molecule has 0 bridgehead atoms. The number of anilines is 1. The van der Waals surface area contributed by atoms with Crippen molar-refractivity contribution in [3.63, 3.8) is 0 Å². The third-order valence-electron chi connectivity index (χ3n) is 4.85. The molecule has 7 nitrogen and oxygen atoms in total. The second-order valence-corrected chi connectivity index (χ2v) is 8.83. The van der Waals surface area contributed by atoms with Gasteiger partial charge in [-0.2, -0.15) is 0 Å². The Hall–Kier alpha value is -3.75. The van der Waals surface area contributed by atoms with Crippen LogP contribution in [0.3, 0.4) is 0 Å². The maximum atomic E-state index is 12.7. The molecule has 1 saturated heterocycles. The highest BCUT2D eigenvalue weighted by molar-refractivity contribution is 8.18. The van der Waals surface area contributed by atoms with Gasteiger partial charge in [-0.25, -0.2) is 0 Å². The summed E-state index contributed by atoms with van der Waals surface area (Å²) in [6, 6.07) is 23.1. The fourth-order valence-electron chi connectivity index (χ4n) is 3.16. The van der Waals surface area contributed by atoms with Gasteiger partial charge in [-0.1, -0.05) is 41.9 Å². The smallest absolute Gasteiger partial charge is 0.294 e. The number of para-hydroxylation sites is 1. The maximum absolute atomic E-state index is 12.7. The van der Waals surface area contributed by atoms with Crippen molar-refractivity contribution < 1.29 is 23.9 Å². The molecular formula is C26H21ClN2O5S. The van der Waals surface area contributed by atoms with E-state index in [9.17, 15) is 14.4 Å². The molecule has 9 heteroatoms. The van der Waals surface area contributed by atoms with E-state index in [0.29, 0.717) is 29.7 Å². The highest BCUT2D eigenvalue weighted by atomic mass is 35.5. The summed E-state index contributed by atoms with van der Waals surface area (Å²) in [5.74, 6) is 0.451. The molecule has 178 valence electrons. The number of nitrogens with one attached hydrogen (secondary N) is 1. The van der Waals surface area contributed by atoms with Crippen LogP contribution in [-0.2, 0) is 9.59 Å². The lowest BCUT2D eigenvalue weighted by molar-refractivity contribution is -0.127. The molecule has 0 atom stereocenters. The molecule has 3 aromatic rings. The fraction of sp³-hybridized carbons (Fsp3) is 0.115. The average molecular weight is 509 g/mol. The Kier molecular flexibility index (Phi) is 8.07. The molecule has 3 amide bonds. The van der Waals surface area contributed by atoms with Crippen LogP contribution in [0.1, 0.15) is 5.56 Å². The van der Waals surface area contributed by atoms with Crippen molar-refractivity contribution in [2.75, 3.05) is 25.1 Å². The van der Waals surface area contributed by atoms with Gasteiger partial charge in [0.05, 0.1) is 4.91 Å². The summed E-state index contributed by atoms with van der Waals surface area (Å²) < 4.78 is 11.3. The van der Waals surface area contributed by atoms with Gasteiger partial charge in [-0.15, -0.1) is 0 Å². The Balaban J connectivity index is 1.28. The van der Waals surface area contributed by atoms with E-state index in [-0.39, 0.29) is 11.4 Å². The van der Waals surface area contributed by atoms with E-state index in [1.807, 2.05) is 30.3 Å². The summed E-state index contributed by atoms with van der Waals surface area (Å²) in [7, 11) is 0. The molecule has 1 N–H and O–H groups in total. The van der Waals surface area contributed by atoms with Crippen LogP contribution in [0.25, 0.3) is 6.08 Å². The Bertz CT molecular complexity index is 1230. The third kappa shape index (κ3) is 6.88. The third-order valence-corrected chi connectivity index (χ3v) is 6.00. The number of benzene rings is 3. The highest BCUT2D eigenvalue weighted by Gasteiger charge is 2.36. The number of carbonyl (C=O) groups is 3. The van der Waals surface area contributed by atoms with E-state index >= 15 is 0 Å². The molecule has 0 saturated carbocycles. The number of thioether (sulfide) groups is 1. The number of hydrogen-bond donors (Lipinski definition) is 1. The predicted molar refractivity (Wildman–Crippen MR) is 137 cm³/mol. The van der Waals surface area contributed by atoms with E-state index in [1.54, 1.807) is 54.6 Å². The average Bonchev–Trinajstić information content (AvgIpc) is 3.12. The minimum Gasteiger partial charge on any atom is -0.490 e. The summed E-state index contributed by atoms with van der Waals surface area (Å²) in [4.78, 5) is 38.5. The van der Waals surface area contributed by atoms with Gasteiger partial charge in [0.1, 0.15) is 31.3 Å². The standard InChI is InChI=1S/C26H21ClN2O5S/c27-19-8-10-20(11-9-19)28-24(30)17-29-25(31)23(35-26(29)32)16-18-6-12-22(13-7-18)34-15-14-33-21-4-2-1-3-5-21/h1-13,16H,14-15,17H2,(H,28,30)/b23-16+. The number of carbonyl (C=O) groups excluding carboxylic acids is 3. The molecule has 1 aliphatic heterocycles. The Labute approximate surface area is 211 Å². The highest BCUT2D eigenvalue weighted by Crippen LogP contribution is 2.32. The number of imide groups is 1. The van der Waals surface area contributed by atoms with Crippen molar-refractivity contribution in [3.05, 3.63) is 94.4 Å². The maximum Gasteiger partial charge on any atom is 0.294 e. The normalized spacial score (nSPS) is 14.3. The topological polar surface area (TPSA) is 84.9 Å². The van der Waals surface area contributed by atoms with Gasteiger partial charge in [-0.05, 0) is 71.9 Å². The monoisotopic (exact) mass is 508 g/mol. The van der Waals surface area contributed by atoms with Crippen LogP contribution < -0.4 is 14.8 Å². The van der Waals surface area contributed by atoms with Crippen molar-refractivity contribution in [1.29, 1.82) is 0 Å². The van der Waals surface area contributed by atoms with Crippen molar-refractivity contribution >= 4 is 52.2 Å². The largest absolute Gasteiger partial charge is 0.490 e.